The first-order chi connectivity index (χ1) is 32.4. The molecule has 67 heavy (non-hydrogen) atoms. The van der Waals surface area contributed by atoms with Crippen LogP contribution < -0.4 is 16.1 Å². The molecule has 10 rings (SSSR count). The maximum absolute atomic E-state index is 15.0. The van der Waals surface area contributed by atoms with Gasteiger partial charge < -0.3 is 54.5 Å². The van der Waals surface area contributed by atoms with E-state index in [0.717, 1.165) is 10.9 Å². The molecule has 0 radical (unpaired) electrons. The maximum atomic E-state index is 15.0. The normalized spacial score (nSPS) is 22.7. The Morgan fingerprint density at radius 3 is 1.67 bits per heavy atom. The van der Waals surface area contributed by atoms with Gasteiger partial charge in [0.1, 0.15) is 47.2 Å². The molecule has 6 atom stereocenters. The van der Waals surface area contributed by atoms with Crippen LogP contribution >= 0.6 is 0 Å². The number of aromatic amines is 2. The zero-order valence-electron chi connectivity index (χ0n) is 36.1. The first kappa shape index (κ1) is 43.9. The van der Waals surface area contributed by atoms with Gasteiger partial charge in [0.25, 0.3) is 0 Å². The Morgan fingerprint density at radius 1 is 0.672 bits per heavy atom. The fraction of sp³-hybridized carbons (Fsp3) is 0.426. The van der Waals surface area contributed by atoms with Gasteiger partial charge in [-0.15, -0.1) is 0 Å². The number of nitrogens with one attached hydrogen (secondary N) is 4. The van der Waals surface area contributed by atoms with E-state index in [1.807, 2.05) is 24.3 Å². The molecule has 0 saturated carbocycles. The van der Waals surface area contributed by atoms with Crippen molar-refractivity contribution in [3.05, 3.63) is 82.8 Å². The van der Waals surface area contributed by atoms with Gasteiger partial charge in [-0.3, -0.25) is 14.4 Å². The molecular weight excluding hydrogens is 875 g/mol. The number of carbonyl (C=O) groups is 4. The third-order valence-corrected chi connectivity index (χ3v) is 13.7. The number of halogens is 2. The van der Waals surface area contributed by atoms with Crippen molar-refractivity contribution in [3.63, 3.8) is 0 Å². The molecule has 20 heteroatoms. The third-order valence-electron chi connectivity index (χ3n) is 13.7. The number of carboxylic acid groups (broad SMARTS) is 2. The summed E-state index contributed by atoms with van der Waals surface area (Å²) in [6.45, 7) is 1.21. The Morgan fingerprint density at radius 2 is 1.16 bits per heavy atom. The summed E-state index contributed by atoms with van der Waals surface area (Å²) in [5.41, 5.74) is 2.92. The number of aromatic nitrogens is 4. The quantitative estimate of drug-likeness (QED) is 0.0662. The number of ether oxygens (including phenoxy) is 2. The zero-order valence-corrected chi connectivity index (χ0v) is 36.1. The van der Waals surface area contributed by atoms with Gasteiger partial charge in [-0.2, -0.15) is 0 Å². The largest absolute Gasteiger partial charge is 0.465 e. The summed E-state index contributed by atoms with van der Waals surface area (Å²) in [7, 11) is 0. The van der Waals surface area contributed by atoms with Crippen LogP contribution in [-0.4, -0.2) is 128 Å². The second-order valence-electron chi connectivity index (χ2n) is 17.8. The summed E-state index contributed by atoms with van der Waals surface area (Å²) in [6, 6.07) is 10.6. The monoisotopic (exact) mass is 922 g/mol. The number of likely N-dealkylation sites (tertiary alicyclic amines) is 2. The molecule has 350 valence electrons. The number of rotatable bonds is 10. The van der Waals surface area contributed by atoms with Crippen molar-refractivity contribution in [2.24, 2.45) is 11.8 Å². The summed E-state index contributed by atoms with van der Waals surface area (Å²) in [5.74, 6) is -0.880. The molecule has 6 N–H and O–H groups in total. The predicted octanol–water partition coefficient (Wildman–Crippen LogP) is 6.23. The summed E-state index contributed by atoms with van der Waals surface area (Å²) >= 11 is 0. The van der Waals surface area contributed by atoms with Crippen LogP contribution in [0.4, 0.5) is 18.4 Å². The molecule has 4 saturated heterocycles. The molecule has 3 aromatic carbocycles. The fourth-order valence-electron chi connectivity index (χ4n) is 10.4. The van der Waals surface area contributed by atoms with Gasteiger partial charge in [0, 0.05) is 50.4 Å². The number of hydrogen-bond donors (Lipinski definition) is 6. The van der Waals surface area contributed by atoms with Crippen LogP contribution in [0.5, 0.6) is 0 Å². The van der Waals surface area contributed by atoms with Gasteiger partial charge in [-0.1, -0.05) is 24.3 Å². The van der Waals surface area contributed by atoms with Crippen LogP contribution in [0.1, 0.15) is 62.3 Å². The minimum atomic E-state index is -1.34. The SMILES string of the molecule is O=C(O)N[C@H](C(=O)N1C[C@H](F)C[C@H]1c1ncc(-c2ccc3c(ccc4oc5cc(-c6cnc([C@@H]7C[C@@H](F)CN7C(=O)[C@@H](NC(=O)O)C7CCOCC7)[nH]6)ccc5c(=O)c43)c2)[nH]1)C1CCOCC1. The van der Waals surface area contributed by atoms with Gasteiger partial charge in [0.2, 0.25) is 17.2 Å². The molecule has 4 fully saturated rings. The second-order valence-corrected chi connectivity index (χ2v) is 17.8. The highest BCUT2D eigenvalue weighted by atomic mass is 19.1. The number of fused-ring (bicyclic) bond motifs is 4. The standard InChI is InChI=1S/C47H48F2N8O10/c48-28-17-34(56(21-28)44(59)39(54-46(61)62)23-7-11-65-12-8-23)42-50-19-32(52-42)26-1-4-30-25(15-26)3-6-36-38(30)41(58)31-5-2-27(16-37(31)67-36)33-20-51-43(53-33)35-18-29(49)22-57(35)45(60)40(55-47(63)64)24-9-13-66-14-10-24/h1-6,15-16,19-20,23-24,28-29,34-35,39-40,54-55H,7-14,17-18,21-22H2,(H,50,52)(H,51,53)(H,61,62)(H,63,64)/t28-,29-,34+,35+,39+,40+/m1/s1. The Bertz CT molecular complexity index is 2950. The highest BCUT2D eigenvalue weighted by molar-refractivity contribution is 6.09. The summed E-state index contributed by atoms with van der Waals surface area (Å²) in [5, 5.41) is 26.0. The lowest BCUT2D eigenvalue weighted by Crippen LogP contribution is -2.53. The van der Waals surface area contributed by atoms with Gasteiger partial charge in [0.05, 0.1) is 59.7 Å². The number of imidazole rings is 2. The molecule has 3 aromatic heterocycles. The Balaban J connectivity index is 0.890. The van der Waals surface area contributed by atoms with Crippen molar-refractivity contribution in [1.82, 2.24) is 40.4 Å². The number of H-pyrrole nitrogens is 2. The van der Waals surface area contributed by atoms with E-state index < -0.39 is 60.5 Å². The third kappa shape index (κ3) is 8.54. The van der Waals surface area contributed by atoms with Gasteiger partial charge in [0.15, 0.2) is 0 Å². The van der Waals surface area contributed by atoms with E-state index >= 15 is 8.78 Å². The van der Waals surface area contributed by atoms with Crippen LogP contribution in [0, 0.1) is 11.8 Å². The number of nitrogens with zero attached hydrogens (tertiary/aromatic N) is 4. The molecule has 18 nitrogen and oxygen atoms in total. The number of alkyl halides is 2. The lowest BCUT2D eigenvalue weighted by Gasteiger charge is -2.33. The van der Waals surface area contributed by atoms with Gasteiger partial charge >= 0.3 is 12.2 Å². The number of hydrogen-bond acceptors (Lipinski definition) is 10. The molecule has 4 amide bonds. The summed E-state index contributed by atoms with van der Waals surface area (Å²) < 4.78 is 47.2. The zero-order chi connectivity index (χ0) is 46.5. The van der Waals surface area contributed by atoms with E-state index in [0.29, 0.717) is 108 Å². The van der Waals surface area contributed by atoms with Crippen LogP contribution in [-0.2, 0) is 19.1 Å². The van der Waals surface area contributed by atoms with E-state index in [-0.39, 0.29) is 43.2 Å². The minimum Gasteiger partial charge on any atom is -0.465 e. The van der Waals surface area contributed by atoms with Crippen LogP contribution in [0.15, 0.2) is 70.1 Å². The van der Waals surface area contributed by atoms with E-state index in [9.17, 15) is 34.2 Å². The van der Waals surface area contributed by atoms with Crippen LogP contribution in [0.3, 0.4) is 0 Å². The molecule has 4 aliphatic rings. The molecule has 6 aromatic rings. The number of benzene rings is 3. The molecule has 0 bridgehead atoms. The Kier molecular flexibility index (Phi) is 11.8. The van der Waals surface area contributed by atoms with Gasteiger partial charge in [-0.25, -0.2) is 28.3 Å². The number of amides is 4. The molecule has 4 aliphatic heterocycles. The van der Waals surface area contributed by atoms with E-state index in [1.165, 1.54) is 9.80 Å². The second kappa shape index (κ2) is 18.0. The summed E-state index contributed by atoms with van der Waals surface area (Å²) in [4.78, 5) is 83.7. The average molecular weight is 923 g/mol. The van der Waals surface area contributed by atoms with E-state index in [2.05, 4.69) is 30.6 Å². The van der Waals surface area contributed by atoms with E-state index in [4.69, 9.17) is 13.9 Å². The van der Waals surface area contributed by atoms with Crippen molar-refractivity contribution in [1.29, 1.82) is 0 Å². The first-order valence-corrected chi connectivity index (χ1v) is 22.5. The molecule has 0 spiro atoms. The molecule has 7 heterocycles. The Hall–Kier alpha value is -6.93. The van der Waals surface area contributed by atoms with E-state index in [1.54, 1.807) is 36.7 Å². The summed E-state index contributed by atoms with van der Waals surface area (Å²) in [6.07, 6.45) is -0.205. The van der Waals surface area contributed by atoms with Crippen molar-refractivity contribution >= 4 is 56.7 Å². The molecular formula is C47H48F2N8O10. The smallest absolute Gasteiger partial charge is 0.405 e. The van der Waals surface area contributed by atoms with Crippen molar-refractivity contribution in [2.45, 2.75) is 75.0 Å². The van der Waals surface area contributed by atoms with Crippen molar-refractivity contribution < 1.29 is 52.1 Å². The predicted molar refractivity (Wildman–Crippen MR) is 238 cm³/mol. The van der Waals surface area contributed by atoms with Crippen molar-refractivity contribution in [3.8, 4) is 22.5 Å². The van der Waals surface area contributed by atoms with Crippen molar-refractivity contribution in [2.75, 3.05) is 39.5 Å². The van der Waals surface area contributed by atoms with Crippen LogP contribution in [0.2, 0.25) is 0 Å². The lowest BCUT2D eigenvalue weighted by molar-refractivity contribution is -0.137. The van der Waals surface area contributed by atoms with Crippen LogP contribution in [0.25, 0.3) is 55.2 Å². The molecule has 0 aliphatic carbocycles. The lowest BCUT2D eigenvalue weighted by atomic mass is 9.90. The first-order valence-electron chi connectivity index (χ1n) is 22.5. The Labute approximate surface area is 380 Å². The number of carbonyl (C=O) groups excluding carboxylic acids is 2. The minimum absolute atomic E-state index is 0.000301. The fourth-order valence-corrected chi connectivity index (χ4v) is 10.4. The molecule has 0 unspecified atom stereocenters. The van der Waals surface area contributed by atoms with Gasteiger partial charge in [-0.05, 0) is 72.6 Å². The highest BCUT2D eigenvalue weighted by Crippen LogP contribution is 2.38. The topological polar surface area (TPSA) is 245 Å². The highest BCUT2D eigenvalue weighted by Gasteiger charge is 2.45. The average Bonchev–Trinajstić information content (AvgIpc) is 4.17. The maximum Gasteiger partial charge on any atom is 0.405 e.